The van der Waals surface area contributed by atoms with Gasteiger partial charge in [0.25, 0.3) is 0 Å². The molecule has 1 aliphatic rings. The van der Waals surface area contributed by atoms with Gasteiger partial charge in [0, 0.05) is 6.04 Å². The average Bonchev–Trinajstić information content (AvgIpc) is 2.70. The summed E-state index contributed by atoms with van der Waals surface area (Å²) in [6.07, 6.45) is 1.91. The molecule has 2 atom stereocenters. The van der Waals surface area contributed by atoms with Gasteiger partial charge in [0.05, 0.1) is 22.3 Å². The lowest BCUT2D eigenvalue weighted by molar-refractivity contribution is 0.596. The van der Waals surface area contributed by atoms with Crippen LogP contribution in [0.4, 0.5) is 5.69 Å². The molecule has 0 bridgehead atoms. The Bertz CT molecular complexity index is 526. The van der Waals surface area contributed by atoms with E-state index in [9.17, 15) is 4.21 Å². The molecule has 1 aliphatic carbocycles. The second-order valence-corrected chi connectivity index (χ2v) is 7.58. The second-order valence-electron chi connectivity index (χ2n) is 5.59. The van der Waals surface area contributed by atoms with Crippen LogP contribution in [0, 0.1) is 6.57 Å². The minimum absolute atomic E-state index is 0.153. The van der Waals surface area contributed by atoms with E-state index in [2.05, 4.69) is 9.57 Å². The van der Waals surface area contributed by atoms with Gasteiger partial charge in [-0.2, -0.15) is 0 Å². The minimum Gasteiger partial charge on any atom is -0.242 e. The lowest BCUT2D eigenvalue weighted by Crippen LogP contribution is -2.35. The Labute approximate surface area is 111 Å². The van der Waals surface area contributed by atoms with E-state index in [1.165, 1.54) is 11.1 Å². The summed E-state index contributed by atoms with van der Waals surface area (Å²) in [5.41, 5.74) is 3.10. The van der Waals surface area contributed by atoms with E-state index in [0.29, 0.717) is 5.69 Å². The molecule has 0 amide bonds. The fourth-order valence-corrected chi connectivity index (χ4v) is 2.96. The van der Waals surface area contributed by atoms with Gasteiger partial charge in [0.2, 0.25) is 0 Å². The average molecular weight is 262 g/mol. The standard InChI is InChI=1S/C14H18N2OS/c1-14(2,3)18(17)16-13-8-5-10-9-11(15-4)6-7-12(10)13/h6-7,9,13,16H,5,8H2,1-3H3/t13-,18-/m0/s1. The maximum Gasteiger partial charge on any atom is 0.187 e. The van der Waals surface area contributed by atoms with Crippen LogP contribution in [0.25, 0.3) is 4.85 Å². The first-order valence-corrected chi connectivity index (χ1v) is 7.25. The highest BCUT2D eigenvalue weighted by molar-refractivity contribution is 7.84. The number of nitrogens with zero attached hydrogens (tertiary/aromatic N) is 1. The van der Waals surface area contributed by atoms with Crippen molar-refractivity contribution in [3.05, 3.63) is 40.7 Å². The monoisotopic (exact) mass is 262 g/mol. The molecule has 0 saturated heterocycles. The van der Waals surface area contributed by atoms with Crippen molar-refractivity contribution in [3.8, 4) is 0 Å². The van der Waals surface area contributed by atoms with Gasteiger partial charge in [0.15, 0.2) is 5.69 Å². The lowest BCUT2D eigenvalue weighted by Gasteiger charge is -2.22. The zero-order valence-corrected chi connectivity index (χ0v) is 11.8. The van der Waals surface area contributed by atoms with Gasteiger partial charge in [-0.05, 0) is 39.2 Å². The largest absolute Gasteiger partial charge is 0.242 e. The quantitative estimate of drug-likeness (QED) is 0.815. The fourth-order valence-electron chi connectivity index (χ4n) is 2.10. The predicted molar refractivity (Wildman–Crippen MR) is 74.8 cm³/mol. The van der Waals surface area contributed by atoms with E-state index in [0.717, 1.165) is 12.8 Å². The smallest absolute Gasteiger partial charge is 0.187 e. The van der Waals surface area contributed by atoms with E-state index in [1.54, 1.807) is 0 Å². The summed E-state index contributed by atoms with van der Waals surface area (Å²) in [5.74, 6) is 0. The molecule has 3 nitrogen and oxygen atoms in total. The van der Waals surface area contributed by atoms with Gasteiger partial charge in [0.1, 0.15) is 0 Å². The molecule has 1 aromatic carbocycles. The van der Waals surface area contributed by atoms with E-state index in [-0.39, 0.29) is 10.8 Å². The molecular formula is C14H18N2OS. The van der Waals surface area contributed by atoms with Gasteiger partial charge in [-0.15, -0.1) is 0 Å². The molecule has 18 heavy (non-hydrogen) atoms. The number of aryl methyl sites for hydroxylation is 1. The first-order chi connectivity index (χ1) is 8.41. The SMILES string of the molecule is [C-]#[N+]c1ccc2c(c1)CC[C@@H]2N[S@@](=O)C(C)(C)C. The Hall–Kier alpha value is -1.18. The van der Waals surface area contributed by atoms with Gasteiger partial charge < -0.3 is 0 Å². The Morgan fingerprint density at radius 2 is 2.17 bits per heavy atom. The number of hydrogen-bond acceptors (Lipinski definition) is 1. The van der Waals surface area contributed by atoms with Crippen LogP contribution in [-0.2, 0) is 17.4 Å². The molecule has 0 heterocycles. The van der Waals surface area contributed by atoms with Crippen LogP contribution in [0.15, 0.2) is 18.2 Å². The van der Waals surface area contributed by atoms with Crippen LogP contribution in [-0.4, -0.2) is 8.96 Å². The first-order valence-electron chi connectivity index (χ1n) is 6.10. The van der Waals surface area contributed by atoms with Gasteiger partial charge in [-0.25, -0.2) is 13.8 Å². The third-order valence-electron chi connectivity index (χ3n) is 3.14. The number of rotatable bonds is 2. The van der Waals surface area contributed by atoms with Gasteiger partial charge in [-0.3, -0.25) is 0 Å². The summed E-state index contributed by atoms with van der Waals surface area (Å²) >= 11 is 0. The highest BCUT2D eigenvalue weighted by Crippen LogP contribution is 2.34. The third kappa shape index (κ3) is 2.63. The van der Waals surface area contributed by atoms with Crippen molar-refractivity contribution in [3.63, 3.8) is 0 Å². The van der Waals surface area contributed by atoms with Crippen molar-refractivity contribution in [2.75, 3.05) is 0 Å². The predicted octanol–water partition coefficient (Wildman–Crippen LogP) is 3.28. The summed E-state index contributed by atoms with van der Waals surface area (Å²) in [6, 6.07) is 5.93. The Kier molecular flexibility index (Phi) is 3.56. The third-order valence-corrected chi connectivity index (χ3v) is 4.75. The van der Waals surface area contributed by atoms with Crippen LogP contribution in [0.2, 0.25) is 0 Å². The number of nitrogens with one attached hydrogen (secondary N) is 1. The molecular weight excluding hydrogens is 244 g/mol. The second kappa shape index (κ2) is 4.83. The zero-order valence-electron chi connectivity index (χ0n) is 11.0. The maximum absolute atomic E-state index is 12.1. The molecule has 0 saturated carbocycles. The highest BCUT2D eigenvalue weighted by atomic mass is 32.2. The number of fused-ring (bicyclic) bond motifs is 1. The number of benzene rings is 1. The Balaban J connectivity index is 2.18. The fraction of sp³-hybridized carbons (Fsp3) is 0.500. The topological polar surface area (TPSA) is 33.5 Å². The van der Waals surface area contributed by atoms with Crippen molar-refractivity contribution in [1.82, 2.24) is 4.72 Å². The Morgan fingerprint density at radius 1 is 1.44 bits per heavy atom. The molecule has 0 spiro atoms. The molecule has 1 aromatic rings. The van der Waals surface area contributed by atoms with Gasteiger partial charge >= 0.3 is 0 Å². The van der Waals surface area contributed by atoms with Crippen molar-refractivity contribution in [2.45, 2.75) is 44.4 Å². The van der Waals surface area contributed by atoms with Crippen molar-refractivity contribution in [1.29, 1.82) is 0 Å². The lowest BCUT2D eigenvalue weighted by atomic mass is 10.1. The molecule has 0 radical (unpaired) electrons. The van der Waals surface area contributed by atoms with Crippen LogP contribution in [0.5, 0.6) is 0 Å². The van der Waals surface area contributed by atoms with Crippen molar-refractivity contribution < 1.29 is 4.21 Å². The maximum atomic E-state index is 12.1. The molecule has 0 fully saturated rings. The van der Waals surface area contributed by atoms with E-state index < -0.39 is 11.0 Å². The van der Waals surface area contributed by atoms with Crippen LogP contribution in [0.1, 0.15) is 44.4 Å². The molecule has 4 heteroatoms. The van der Waals surface area contributed by atoms with Crippen LogP contribution < -0.4 is 4.72 Å². The minimum atomic E-state index is -1.05. The van der Waals surface area contributed by atoms with Crippen LogP contribution in [0.3, 0.4) is 0 Å². The summed E-state index contributed by atoms with van der Waals surface area (Å²) in [4.78, 5) is 3.44. The van der Waals surface area contributed by atoms with E-state index >= 15 is 0 Å². The van der Waals surface area contributed by atoms with Crippen molar-refractivity contribution >= 4 is 16.7 Å². The van der Waals surface area contributed by atoms with Gasteiger partial charge in [-0.1, -0.05) is 23.8 Å². The summed E-state index contributed by atoms with van der Waals surface area (Å²) in [5, 5.41) is 0. The molecule has 1 N–H and O–H groups in total. The summed E-state index contributed by atoms with van der Waals surface area (Å²) < 4.78 is 15.1. The van der Waals surface area contributed by atoms with E-state index in [4.69, 9.17) is 6.57 Å². The van der Waals surface area contributed by atoms with Crippen LogP contribution >= 0.6 is 0 Å². The van der Waals surface area contributed by atoms with Crippen molar-refractivity contribution in [2.24, 2.45) is 0 Å². The highest BCUT2D eigenvalue weighted by Gasteiger charge is 2.27. The summed E-state index contributed by atoms with van der Waals surface area (Å²) in [7, 11) is -1.05. The molecule has 0 aliphatic heterocycles. The Morgan fingerprint density at radius 3 is 2.78 bits per heavy atom. The molecule has 0 unspecified atom stereocenters. The molecule has 0 aromatic heterocycles. The van der Waals surface area contributed by atoms with E-state index in [1.807, 2.05) is 39.0 Å². The summed E-state index contributed by atoms with van der Waals surface area (Å²) in [6.45, 7) is 12.9. The normalized spacial score (nSPS) is 20.2. The molecule has 96 valence electrons. The zero-order chi connectivity index (χ0) is 13.3. The first kappa shape index (κ1) is 13.3. The molecule has 2 rings (SSSR count). The number of hydrogen-bond donors (Lipinski definition) is 1.